The van der Waals surface area contributed by atoms with Crippen molar-refractivity contribution >= 4 is 0 Å². The fourth-order valence-corrected chi connectivity index (χ4v) is 1.60. The van der Waals surface area contributed by atoms with Crippen LogP contribution < -0.4 is 5.73 Å². The van der Waals surface area contributed by atoms with Crippen molar-refractivity contribution in [3.63, 3.8) is 0 Å². The zero-order valence-corrected chi connectivity index (χ0v) is 8.43. The van der Waals surface area contributed by atoms with Gasteiger partial charge in [0.15, 0.2) is 5.82 Å². The molecule has 1 saturated heterocycles. The highest BCUT2D eigenvalue weighted by Crippen LogP contribution is 2.16. The molecule has 2 atom stereocenters. The van der Waals surface area contributed by atoms with Gasteiger partial charge in [0, 0.05) is 19.6 Å². The van der Waals surface area contributed by atoms with Crippen molar-refractivity contribution in [3.8, 4) is 0 Å². The van der Waals surface area contributed by atoms with E-state index in [4.69, 9.17) is 15.0 Å². The Labute approximate surface area is 87.4 Å². The second kappa shape index (κ2) is 4.69. The molecule has 0 amide bonds. The lowest BCUT2D eigenvalue weighted by Gasteiger charge is -2.04. The molecule has 84 valence electrons. The summed E-state index contributed by atoms with van der Waals surface area (Å²) in [7, 11) is 0. The summed E-state index contributed by atoms with van der Waals surface area (Å²) in [5.41, 5.74) is 5.27. The zero-order chi connectivity index (χ0) is 10.7. The van der Waals surface area contributed by atoms with Crippen molar-refractivity contribution in [3.05, 3.63) is 11.7 Å². The number of hydrogen-bond acceptors (Lipinski definition) is 6. The van der Waals surface area contributed by atoms with E-state index in [-0.39, 0.29) is 18.5 Å². The molecular formula is C9H15N3O3. The lowest BCUT2D eigenvalue weighted by molar-refractivity contribution is 0.109. The third kappa shape index (κ3) is 2.53. The number of aromatic nitrogens is 2. The number of aliphatic hydroxyl groups excluding tert-OH is 1. The van der Waals surface area contributed by atoms with Gasteiger partial charge in [-0.2, -0.15) is 4.98 Å². The lowest BCUT2D eigenvalue weighted by Crippen LogP contribution is -2.13. The summed E-state index contributed by atoms with van der Waals surface area (Å²) in [4.78, 5) is 4.06. The predicted molar refractivity (Wildman–Crippen MR) is 51.0 cm³/mol. The molecular weight excluding hydrogens is 198 g/mol. The van der Waals surface area contributed by atoms with Gasteiger partial charge in [0.2, 0.25) is 0 Å². The van der Waals surface area contributed by atoms with Crippen LogP contribution in [0.4, 0.5) is 0 Å². The van der Waals surface area contributed by atoms with Crippen LogP contribution in [0.2, 0.25) is 0 Å². The molecule has 0 aliphatic carbocycles. The number of aliphatic hydroxyl groups is 1. The van der Waals surface area contributed by atoms with E-state index in [0.717, 1.165) is 19.4 Å². The first-order valence-corrected chi connectivity index (χ1v) is 5.12. The molecule has 1 aliphatic rings. The van der Waals surface area contributed by atoms with E-state index in [2.05, 4.69) is 10.1 Å². The van der Waals surface area contributed by atoms with E-state index in [9.17, 15) is 5.11 Å². The first-order valence-electron chi connectivity index (χ1n) is 5.12. The van der Waals surface area contributed by atoms with Crippen LogP contribution in [0, 0.1) is 0 Å². The number of rotatable bonds is 4. The van der Waals surface area contributed by atoms with Crippen LogP contribution in [0.15, 0.2) is 4.52 Å². The van der Waals surface area contributed by atoms with Crippen molar-refractivity contribution < 1.29 is 14.4 Å². The number of nitrogens with zero attached hydrogens (tertiary/aromatic N) is 2. The second-order valence-corrected chi connectivity index (χ2v) is 3.64. The number of hydrogen-bond donors (Lipinski definition) is 2. The van der Waals surface area contributed by atoms with Crippen molar-refractivity contribution in [2.45, 2.75) is 31.5 Å². The van der Waals surface area contributed by atoms with E-state index in [1.807, 2.05) is 0 Å². The molecule has 1 aromatic rings. The first kappa shape index (κ1) is 10.5. The van der Waals surface area contributed by atoms with E-state index >= 15 is 0 Å². The molecule has 0 radical (unpaired) electrons. The third-order valence-corrected chi connectivity index (χ3v) is 2.43. The summed E-state index contributed by atoms with van der Waals surface area (Å²) >= 11 is 0. The normalized spacial score (nSPS) is 23.2. The summed E-state index contributed by atoms with van der Waals surface area (Å²) in [6.45, 7) is 0.891. The van der Waals surface area contributed by atoms with Crippen LogP contribution in [0.3, 0.4) is 0 Å². The summed E-state index contributed by atoms with van der Waals surface area (Å²) in [5, 5.41) is 13.1. The van der Waals surface area contributed by atoms with Crippen molar-refractivity contribution in [1.29, 1.82) is 0 Å². The van der Waals surface area contributed by atoms with Crippen molar-refractivity contribution in [2.24, 2.45) is 5.73 Å². The molecule has 6 nitrogen and oxygen atoms in total. The van der Waals surface area contributed by atoms with Gasteiger partial charge in [-0.1, -0.05) is 5.16 Å². The summed E-state index contributed by atoms with van der Waals surface area (Å²) in [5.74, 6) is 0.759. The minimum atomic E-state index is -0.865. The molecule has 0 spiro atoms. The lowest BCUT2D eigenvalue weighted by atomic mass is 10.2. The largest absolute Gasteiger partial charge is 0.382 e. The van der Waals surface area contributed by atoms with Gasteiger partial charge in [-0.15, -0.1) is 0 Å². The van der Waals surface area contributed by atoms with Crippen LogP contribution in [0.25, 0.3) is 0 Å². The van der Waals surface area contributed by atoms with E-state index in [1.165, 1.54) is 0 Å². The predicted octanol–water partition coefficient (Wildman–Crippen LogP) is -0.217. The van der Waals surface area contributed by atoms with Gasteiger partial charge in [0.25, 0.3) is 5.89 Å². The minimum absolute atomic E-state index is 0.0849. The standard InChI is InChI=1S/C9H15N3O3/c10-5-7(13)9-11-8(12-15-9)4-6-2-1-3-14-6/h6-7,13H,1-5,10H2. The maximum atomic E-state index is 9.35. The van der Waals surface area contributed by atoms with E-state index in [1.54, 1.807) is 0 Å². The summed E-state index contributed by atoms with van der Waals surface area (Å²) in [6, 6.07) is 0. The van der Waals surface area contributed by atoms with Crippen LogP contribution in [0.5, 0.6) is 0 Å². The van der Waals surface area contributed by atoms with Crippen LogP contribution in [0.1, 0.15) is 30.7 Å². The molecule has 0 saturated carbocycles. The summed E-state index contributed by atoms with van der Waals surface area (Å²) < 4.78 is 10.3. The van der Waals surface area contributed by atoms with Crippen molar-refractivity contribution in [2.75, 3.05) is 13.2 Å². The smallest absolute Gasteiger partial charge is 0.256 e. The highest BCUT2D eigenvalue weighted by atomic mass is 16.5. The third-order valence-electron chi connectivity index (χ3n) is 2.43. The molecule has 1 aromatic heterocycles. The Bertz CT molecular complexity index is 309. The van der Waals surface area contributed by atoms with Crippen LogP contribution >= 0.6 is 0 Å². The quantitative estimate of drug-likeness (QED) is 0.718. The Balaban J connectivity index is 1.94. The van der Waals surface area contributed by atoms with Gasteiger partial charge >= 0.3 is 0 Å². The molecule has 2 rings (SSSR count). The fraction of sp³-hybridized carbons (Fsp3) is 0.778. The van der Waals surface area contributed by atoms with Gasteiger partial charge in [0.05, 0.1) is 6.10 Å². The van der Waals surface area contributed by atoms with Gasteiger partial charge in [-0.3, -0.25) is 0 Å². The maximum Gasteiger partial charge on any atom is 0.256 e. The number of nitrogens with two attached hydrogens (primary N) is 1. The van der Waals surface area contributed by atoms with Gasteiger partial charge in [-0.05, 0) is 12.8 Å². The van der Waals surface area contributed by atoms with Gasteiger partial charge in [0.1, 0.15) is 6.10 Å². The molecule has 3 N–H and O–H groups in total. The molecule has 1 fully saturated rings. The Hall–Kier alpha value is -0.980. The van der Waals surface area contributed by atoms with E-state index in [0.29, 0.717) is 12.2 Å². The summed E-state index contributed by atoms with van der Waals surface area (Å²) in [6.07, 6.45) is 2.08. The molecule has 15 heavy (non-hydrogen) atoms. The monoisotopic (exact) mass is 213 g/mol. The highest BCUT2D eigenvalue weighted by molar-refractivity contribution is 4.92. The maximum absolute atomic E-state index is 9.35. The Morgan fingerprint density at radius 1 is 1.60 bits per heavy atom. The average molecular weight is 213 g/mol. The van der Waals surface area contributed by atoms with Gasteiger partial charge in [-0.25, -0.2) is 0 Å². The topological polar surface area (TPSA) is 94.4 Å². The first-order chi connectivity index (χ1) is 7.29. The Morgan fingerprint density at radius 3 is 3.13 bits per heavy atom. The Kier molecular flexibility index (Phi) is 3.30. The van der Waals surface area contributed by atoms with Crippen LogP contribution in [-0.4, -0.2) is 34.5 Å². The number of ether oxygens (including phenoxy) is 1. The molecule has 1 aliphatic heterocycles. The average Bonchev–Trinajstić information content (AvgIpc) is 2.88. The molecule has 0 bridgehead atoms. The van der Waals surface area contributed by atoms with Crippen LogP contribution in [-0.2, 0) is 11.2 Å². The molecule has 2 unspecified atom stereocenters. The Morgan fingerprint density at radius 2 is 2.47 bits per heavy atom. The second-order valence-electron chi connectivity index (χ2n) is 3.64. The SMILES string of the molecule is NCC(O)c1nc(CC2CCCO2)no1. The zero-order valence-electron chi connectivity index (χ0n) is 8.43. The molecule has 0 aromatic carbocycles. The molecule has 6 heteroatoms. The fourth-order valence-electron chi connectivity index (χ4n) is 1.60. The minimum Gasteiger partial charge on any atom is -0.382 e. The van der Waals surface area contributed by atoms with E-state index < -0.39 is 6.10 Å². The van der Waals surface area contributed by atoms with Crippen molar-refractivity contribution in [1.82, 2.24) is 10.1 Å². The highest BCUT2D eigenvalue weighted by Gasteiger charge is 2.20. The molecule has 2 heterocycles. The van der Waals surface area contributed by atoms with Gasteiger partial charge < -0.3 is 20.1 Å².